The number of methoxy groups -OCH3 is 1. The minimum atomic E-state index is -0.510. The van der Waals surface area contributed by atoms with Crippen LogP contribution in [-0.2, 0) is 16.1 Å². The van der Waals surface area contributed by atoms with E-state index in [0.717, 1.165) is 39.0 Å². The molecule has 0 aliphatic carbocycles. The van der Waals surface area contributed by atoms with Crippen LogP contribution in [0.1, 0.15) is 24.6 Å². The number of carbonyl (C=O) groups excluding carboxylic acids is 1. The highest BCUT2D eigenvalue weighted by Crippen LogP contribution is 2.25. The Bertz CT molecular complexity index is 398. The third kappa shape index (κ3) is 3.35. The molecule has 1 aromatic heterocycles. The fraction of sp³-hybridized carbons (Fsp3) is 0.643. The Labute approximate surface area is 118 Å². The largest absolute Gasteiger partial charge is 0.468 e. The van der Waals surface area contributed by atoms with Crippen LogP contribution in [0.25, 0.3) is 0 Å². The van der Waals surface area contributed by atoms with Gasteiger partial charge in [-0.2, -0.15) is 0 Å². The fourth-order valence-electron chi connectivity index (χ4n) is 2.57. The zero-order valence-electron chi connectivity index (χ0n) is 11.6. The second kappa shape index (κ2) is 6.50. The number of nitrogens with one attached hydrogen (secondary N) is 1. The topological polar surface area (TPSA) is 41.6 Å². The number of carbonyl (C=O) groups is 1. The van der Waals surface area contributed by atoms with Crippen LogP contribution in [0.5, 0.6) is 0 Å². The van der Waals surface area contributed by atoms with Crippen molar-refractivity contribution in [3.8, 4) is 0 Å². The van der Waals surface area contributed by atoms with Gasteiger partial charge in [0.2, 0.25) is 0 Å². The van der Waals surface area contributed by atoms with Gasteiger partial charge in [0.05, 0.1) is 7.11 Å². The Kier molecular flexibility index (Phi) is 4.96. The first kappa shape index (κ1) is 14.5. The third-order valence-corrected chi connectivity index (χ3v) is 4.79. The number of nitrogens with zero attached hydrogens (tertiary/aromatic N) is 1. The Balaban J connectivity index is 2.01. The minimum absolute atomic E-state index is 0.125. The molecule has 0 amide bonds. The van der Waals surface area contributed by atoms with E-state index >= 15 is 0 Å². The van der Waals surface area contributed by atoms with Gasteiger partial charge < -0.3 is 9.64 Å². The summed E-state index contributed by atoms with van der Waals surface area (Å²) >= 11 is 1.71. The molecule has 19 heavy (non-hydrogen) atoms. The van der Waals surface area contributed by atoms with Crippen molar-refractivity contribution in [1.29, 1.82) is 0 Å². The van der Waals surface area contributed by atoms with E-state index in [2.05, 4.69) is 28.6 Å². The molecule has 0 bridgehead atoms. The van der Waals surface area contributed by atoms with Crippen LogP contribution in [0.2, 0.25) is 0 Å². The van der Waals surface area contributed by atoms with E-state index in [1.54, 1.807) is 11.3 Å². The zero-order valence-corrected chi connectivity index (χ0v) is 12.5. The highest BCUT2D eigenvalue weighted by Gasteiger charge is 2.41. The summed E-state index contributed by atoms with van der Waals surface area (Å²) < 4.78 is 5.02. The molecule has 4 nitrogen and oxygen atoms in total. The first-order valence-electron chi connectivity index (χ1n) is 6.78. The van der Waals surface area contributed by atoms with Gasteiger partial charge in [-0.3, -0.25) is 10.1 Å². The average molecular weight is 282 g/mol. The van der Waals surface area contributed by atoms with Crippen molar-refractivity contribution in [2.24, 2.45) is 0 Å². The van der Waals surface area contributed by atoms with Gasteiger partial charge in [-0.25, -0.2) is 0 Å². The second-order valence-electron chi connectivity index (χ2n) is 4.94. The van der Waals surface area contributed by atoms with Crippen molar-refractivity contribution in [3.05, 3.63) is 22.4 Å². The molecule has 1 fully saturated rings. The maximum Gasteiger partial charge on any atom is 0.326 e. The lowest BCUT2D eigenvalue weighted by Gasteiger charge is -2.39. The number of piperidine rings is 1. The first-order valence-corrected chi connectivity index (χ1v) is 7.66. The summed E-state index contributed by atoms with van der Waals surface area (Å²) in [6, 6.07) is 4.12. The molecular formula is C14H22N2O2S. The molecule has 0 spiro atoms. The van der Waals surface area contributed by atoms with Gasteiger partial charge in [0.25, 0.3) is 0 Å². The van der Waals surface area contributed by atoms with E-state index in [9.17, 15) is 4.79 Å². The molecule has 0 unspecified atom stereocenters. The van der Waals surface area contributed by atoms with E-state index in [4.69, 9.17) is 4.74 Å². The highest BCUT2D eigenvalue weighted by molar-refractivity contribution is 7.09. The molecule has 0 atom stereocenters. The summed E-state index contributed by atoms with van der Waals surface area (Å²) in [4.78, 5) is 15.8. The van der Waals surface area contributed by atoms with Gasteiger partial charge in [-0.15, -0.1) is 11.3 Å². The molecule has 0 radical (unpaired) electrons. The Hall–Kier alpha value is -0.910. The molecule has 1 aliphatic heterocycles. The molecule has 5 heteroatoms. The number of hydrogen-bond donors (Lipinski definition) is 1. The third-order valence-electron chi connectivity index (χ3n) is 3.91. The van der Waals surface area contributed by atoms with Crippen LogP contribution in [0.15, 0.2) is 17.5 Å². The first-order chi connectivity index (χ1) is 9.20. The second-order valence-corrected chi connectivity index (χ2v) is 5.97. The maximum atomic E-state index is 12.1. The average Bonchev–Trinajstić information content (AvgIpc) is 2.98. The summed E-state index contributed by atoms with van der Waals surface area (Å²) in [5, 5.41) is 5.50. The Morgan fingerprint density at radius 1 is 1.53 bits per heavy atom. The fourth-order valence-corrected chi connectivity index (χ4v) is 3.21. The van der Waals surface area contributed by atoms with E-state index in [1.165, 1.54) is 12.0 Å². The molecule has 1 N–H and O–H groups in total. The van der Waals surface area contributed by atoms with Gasteiger partial charge in [-0.05, 0) is 30.8 Å². The van der Waals surface area contributed by atoms with Gasteiger partial charge in [0.15, 0.2) is 0 Å². The van der Waals surface area contributed by atoms with Gasteiger partial charge in [-0.1, -0.05) is 13.0 Å². The van der Waals surface area contributed by atoms with Gasteiger partial charge in [0.1, 0.15) is 5.54 Å². The van der Waals surface area contributed by atoms with Crippen molar-refractivity contribution in [2.75, 3.05) is 26.7 Å². The van der Waals surface area contributed by atoms with E-state index in [0.29, 0.717) is 0 Å². The number of rotatable bonds is 5. The molecule has 106 valence electrons. The highest BCUT2D eigenvalue weighted by atomic mass is 32.1. The van der Waals surface area contributed by atoms with Crippen LogP contribution in [-0.4, -0.2) is 43.2 Å². The lowest BCUT2D eigenvalue weighted by molar-refractivity contribution is -0.151. The van der Waals surface area contributed by atoms with Crippen LogP contribution in [0.4, 0.5) is 0 Å². The molecule has 0 aromatic carbocycles. The number of hydrogen-bond acceptors (Lipinski definition) is 5. The van der Waals surface area contributed by atoms with Gasteiger partial charge in [0, 0.05) is 24.5 Å². The van der Waals surface area contributed by atoms with Crippen molar-refractivity contribution < 1.29 is 9.53 Å². The molecule has 2 heterocycles. The van der Waals surface area contributed by atoms with Crippen LogP contribution < -0.4 is 5.32 Å². The van der Waals surface area contributed by atoms with E-state index in [-0.39, 0.29) is 5.97 Å². The maximum absolute atomic E-state index is 12.1. The summed E-state index contributed by atoms with van der Waals surface area (Å²) in [7, 11) is 1.48. The molecule has 0 saturated carbocycles. The van der Waals surface area contributed by atoms with Crippen LogP contribution in [0.3, 0.4) is 0 Å². The van der Waals surface area contributed by atoms with Crippen molar-refractivity contribution in [1.82, 2.24) is 10.2 Å². The molecule has 2 rings (SSSR count). The van der Waals surface area contributed by atoms with Gasteiger partial charge >= 0.3 is 5.97 Å². The molecule has 1 aromatic rings. The SMILES string of the molecule is CCN1CCC(NCc2cccs2)(C(=O)OC)CC1. The Morgan fingerprint density at radius 2 is 2.26 bits per heavy atom. The van der Waals surface area contributed by atoms with Crippen molar-refractivity contribution in [3.63, 3.8) is 0 Å². The molecular weight excluding hydrogens is 260 g/mol. The summed E-state index contributed by atoms with van der Waals surface area (Å²) in [6.07, 6.45) is 1.64. The summed E-state index contributed by atoms with van der Waals surface area (Å²) in [6.45, 7) is 5.83. The smallest absolute Gasteiger partial charge is 0.326 e. The number of esters is 1. The minimum Gasteiger partial charge on any atom is -0.468 e. The number of thiophene rings is 1. The lowest BCUT2D eigenvalue weighted by Crippen LogP contribution is -2.58. The zero-order chi connectivity index (χ0) is 13.7. The lowest BCUT2D eigenvalue weighted by atomic mass is 9.87. The predicted octanol–water partition coefficient (Wildman–Crippen LogP) is 1.87. The Morgan fingerprint density at radius 3 is 2.79 bits per heavy atom. The quantitative estimate of drug-likeness (QED) is 0.837. The van der Waals surface area contributed by atoms with E-state index < -0.39 is 5.54 Å². The molecule has 1 aliphatic rings. The number of likely N-dealkylation sites (tertiary alicyclic amines) is 1. The number of ether oxygens (including phenoxy) is 1. The van der Waals surface area contributed by atoms with Crippen molar-refractivity contribution >= 4 is 17.3 Å². The predicted molar refractivity (Wildman–Crippen MR) is 77.3 cm³/mol. The standard InChI is InChI=1S/C14H22N2O2S/c1-3-16-8-6-14(7-9-16,13(17)18-2)15-11-12-5-4-10-19-12/h4-5,10,15H,3,6-9,11H2,1-2H3. The van der Waals surface area contributed by atoms with E-state index in [1.807, 2.05) is 6.07 Å². The normalized spacial score (nSPS) is 19.3. The summed E-state index contributed by atoms with van der Waals surface area (Å²) in [5.74, 6) is -0.125. The summed E-state index contributed by atoms with van der Waals surface area (Å²) in [5.41, 5.74) is -0.510. The monoisotopic (exact) mass is 282 g/mol. The van der Waals surface area contributed by atoms with Crippen molar-refractivity contribution in [2.45, 2.75) is 31.8 Å². The van der Waals surface area contributed by atoms with Crippen LogP contribution in [0, 0.1) is 0 Å². The van der Waals surface area contributed by atoms with Crippen LogP contribution >= 0.6 is 11.3 Å². The molecule has 1 saturated heterocycles.